The Bertz CT molecular complexity index is 782. The number of hydrazine groups is 1. The average molecular weight is 357 g/mol. The fourth-order valence-corrected chi connectivity index (χ4v) is 2.82. The second kappa shape index (κ2) is 8.79. The van der Waals surface area contributed by atoms with Gasteiger partial charge in [0.2, 0.25) is 0 Å². The zero-order chi connectivity index (χ0) is 18.2. The largest absolute Gasteiger partial charge is 0.346 e. The van der Waals surface area contributed by atoms with Crippen LogP contribution in [0.3, 0.4) is 0 Å². The second-order valence-electron chi connectivity index (χ2n) is 5.47. The zero-order valence-electron chi connectivity index (χ0n) is 13.9. The summed E-state index contributed by atoms with van der Waals surface area (Å²) in [5.41, 5.74) is 5.33. The molecule has 2 aromatic rings. The minimum absolute atomic E-state index is 0.161. The number of hydrogen-bond acceptors (Lipinski definition) is 4. The summed E-state index contributed by atoms with van der Waals surface area (Å²) < 4.78 is 0. The van der Waals surface area contributed by atoms with Gasteiger partial charge in [-0.25, -0.2) is 0 Å². The molecule has 0 atom stereocenters. The topological polar surface area (TPSA) is 87.3 Å². The van der Waals surface area contributed by atoms with Crippen molar-refractivity contribution in [3.63, 3.8) is 0 Å². The highest BCUT2D eigenvalue weighted by atomic mass is 32.1. The molecule has 0 saturated carbocycles. The molecule has 0 spiro atoms. The van der Waals surface area contributed by atoms with Crippen molar-refractivity contribution in [2.24, 2.45) is 0 Å². The van der Waals surface area contributed by atoms with Crippen molar-refractivity contribution >= 4 is 35.1 Å². The fraction of sp³-hybridized carbons (Fsp3) is 0.167. The van der Waals surface area contributed by atoms with E-state index in [2.05, 4.69) is 16.2 Å². The van der Waals surface area contributed by atoms with Crippen LogP contribution in [0.5, 0.6) is 0 Å². The van der Waals surface area contributed by atoms with Crippen LogP contribution in [0.25, 0.3) is 16.5 Å². The van der Waals surface area contributed by atoms with Crippen LogP contribution in [-0.4, -0.2) is 23.8 Å². The number of rotatable bonds is 4. The SMILES string of the molecule is CC(C)NC(=O)C(=O)NNC(=O)C=Cc1ccc(-c2ccccc2)s1. The lowest BCUT2D eigenvalue weighted by atomic mass is 10.2. The zero-order valence-corrected chi connectivity index (χ0v) is 14.7. The lowest BCUT2D eigenvalue weighted by Crippen LogP contribution is -2.49. The van der Waals surface area contributed by atoms with Gasteiger partial charge in [-0.15, -0.1) is 11.3 Å². The standard InChI is InChI=1S/C18H19N3O3S/c1-12(2)19-17(23)18(24)21-20-16(22)11-9-14-8-10-15(25-14)13-6-4-3-5-7-13/h3-12H,1-2H3,(H,19,23)(H,20,22)(H,21,24). The summed E-state index contributed by atoms with van der Waals surface area (Å²) in [5, 5.41) is 2.42. The maximum atomic E-state index is 11.7. The third-order valence-corrected chi connectivity index (χ3v) is 4.11. The predicted molar refractivity (Wildman–Crippen MR) is 98.4 cm³/mol. The number of carbonyl (C=O) groups is 3. The van der Waals surface area contributed by atoms with Gasteiger partial charge < -0.3 is 5.32 Å². The molecule has 25 heavy (non-hydrogen) atoms. The minimum atomic E-state index is -0.919. The van der Waals surface area contributed by atoms with Crippen LogP contribution < -0.4 is 16.2 Å². The van der Waals surface area contributed by atoms with Gasteiger partial charge in [0, 0.05) is 21.9 Å². The van der Waals surface area contributed by atoms with E-state index in [4.69, 9.17) is 0 Å². The van der Waals surface area contributed by atoms with Crippen LogP contribution in [0, 0.1) is 0 Å². The van der Waals surface area contributed by atoms with E-state index < -0.39 is 17.7 Å². The first-order chi connectivity index (χ1) is 12.0. The van der Waals surface area contributed by atoms with Gasteiger partial charge in [-0.05, 0) is 37.6 Å². The summed E-state index contributed by atoms with van der Waals surface area (Å²) in [6, 6.07) is 13.7. The molecule has 0 aliphatic heterocycles. The van der Waals surface area contributed by atoms with E-state index in [9.17, 15) is 14.4 Å². The molecule has 2 rings (SSSR count). The highest BCUT2D eigenvalue weighted by molar-refractivity contribution is 7.16. The molecule has 7 heteroatoms. The minimum Gasteiger partial charge on any atom is -0.346 e. The lowest BCUT2D eigenvalue weighted by Gasteiger charge is -2.08. The van der Waals surface area contributed by atoms with Gasteiger partial charge in [0.1, 0.15) is 0 Å². The first kappa shape index (κ1) is 18.4. The Balaban J connectivity index is 1.85. The van der Waals surface area contributed by atoms with E-state index >= 15 is 0 Å². The molecule has 0 saturated heterocycles. The Morgan fingerprint density at radius 3 is 2.36 bits per heavy atom. The fourth-order valence-electron chi connectivity index (χ4n) is 1.90. The highest BCUT2D eigenvalue weighted by Gasteiger charge is 2.14. The molecule has 0 bridgehead atoms. The average Bonchev–Trinajstić information content (AvgIpc) is 3.07. The Labute approximate surface area is 149 Å². The molecule has 1 heterocycles. The highest BCUT2D eigenvalue weighted by Crippen LogP contribution is 2.28. The van der Waals surface area contributed by atoms with E-state index in [0.29, 0.717) is 0 Å². The van der Waals surface area contributed by atoms with Gasteiger partial charge in [-0.1, -0.05) is 30.3 Å². The van der Waals surface area contributed by atoms with Crippen LogP contribution in [-0.2, 0) is 14.4 Å². The van der Waals surface area contributed by atoms with E-state index in [0.717, 1.165) is 15.3 Å². The van der Waals surface area contributed by atoms with Crippen molar-refractivity contribution in [3.05, 3.63) is 53.4 Å². The van der Waals surface area contributed by atoms with Crippen molar-refractivity contribution < 1.29 is 14.4 Å². The first-order valence-corrected chi connectivity index (χ1v) is 8.51. The molecule has 1 aromatic carbocycles. The molecule has 0 fully saturated rings. The molecular formula is C18H19N3O3S. The molecule has 6 nitrogen and oxygen atoms in total. The summed E-state index contributed by atoms with van der Waals surface area (Å²) in [7, 11) is 0. The van der Waals surface area contributed by atoms with Crippen LogP contribution >= 0.6 is 11.3 Å². The summed E-state index contributed by atoms with van der Waals surface area (Å²) in [6.45, 7) is 3.47. The van der Waals surface area contributed by atoms with E-state index in [1.54, 1.807) is 31.3 Å². The van der Waals surface area contributed by atoms with Crippen molar-refractivity contribution in [1.29, 1.82) is 0 Å². The van der Waals surface area contributed by atoms with Gasteiger partial charge in [0.15, 0.2) is 0 Å². The molecule has 0 radical (unpaired) electrons. The van der Waals surface area contributed by atoms with Crippen LogP contribution in [0.1, 0.15) is 18.7 Å². The number of benzene rings is 1. The number of thiophene rings is 1. The van der Waals surface area contributed by atoms with Crippen molar-refractivity contribution in [1.82, 2.24) is 16.2 Å². The van der Waals surface area contributed by atoms with Crippen LogP contribution in [0.2, 0.25) is 0 Å². The number of hydrogen-bond donors (Lipinski definition) is 3. The second-order valence-corrected chi connectivity index (χ2v) is 6.59. The summed E-state index contributed by atoms with van der Waals surface area (Å²) in [6.07, 6.45) is 2.94. The monoisotopic (exact) mass is 357 g/mol. The van der Waals surface area contributed by atoms with E-state index in [1.807, 2.05) is 42.5 Å². The molecular weight excluding hydrogens is 338 g/mol. The number of carbonyl (C=O) groups excluding carboxylic acids is 3. The first-order valence-electron chi connectivity index (χ1n) is 7.70. The Morgan fingerprint density at radius 1 is 0.960 bits per heavy atom. The van der Waals surface area contributed by atoms with Gasteiger partial charge >= 0.3 is 11.8 Å². The molecule has 0 aliphatic carbocycles. The normalized spacial score (nSPS) is 10.7. The molecule has 0 aliphatic rings. The van der Waals surface area contributed by atoms with Gasteiger partial charge in [-0.3, -0.25) is 25.2 Å². The van der Waals surface area contributed by atoms with Crippen LogP contribution in [0.4, 0.5) is 0 Å². The van der Waals surface area contributed by atoms with Gasteiger partial charge in [-0.2, -0.15) is 0 Å². The summed E-state index contributed by atoms with van der Waals surface area (Å²) in [5.74, 6) is -2.25. The smallest absolute Gasteiger partial charge is 0.327 e. The lowest BCUT2D eigenvalue weighted by molar-refractivity contribution is -0.140. The summed E-state index contributed by atoms with van der Waals surface area (Å²) in [4.78, 5) is 36.5. The maximum absolute atomic E-state index is 11.7. The molecule has 0 unspecified atom stereocenters. The summed E-state index contributed by atoms with van der Waals surface area (Å²) >= 11 is 1.55. The van der Waals surface area contributed by atoms with Gasteiger partial charge in [0.05, 0.1) is 0 Å². The molecule has 3 N–H and O–H groups in total. The molecule has 130 valence electrons. The number of nitrogens with one attached hydrogen (secondary N) is 3. The maximum Gasteiger partial charge on any atom is 0.327 e. The predicted octanol–water partition coefficient (Wildman–Crippen LogP) is 2.10. The third kappa shape index (κ3) is 5.89. The third-order valence-electron chi connectivity index (χ3n) is 3.01. The Morgan fingerprint density at radius 2 is 1.68 bits per heavy atom. The molecule has 3 amide bonds. The van der Waals surface area contributed by atoms with E-state index in [1.165, 1.54) is 6.08 Å². The van der Waals surface area contributed by atoms with Gasteiger partial charge in [0.25, 0.3) is 5.91 Å². The van der Waals surface area contributed by atoms with Crippen molar-refractivity contribution in [2.75, 3.05) is 0 Å². The Kier molecular flexibility index (Phi) is 6.47. The van der Waals surface area contributed by atoms with Crippen molar-refractivity contribution in [2.45, 2.75) is 19.9 Å². The molecule has 1 aromatic heterocycles. The van der Waals surface area contributed by atoms with E-state index in [-0.39, 0.29) is 6.04 Å². The van der Waals surface area contributed by atoms with Crippen molar-refractivity contribution in [3.8, 4) is 10.4 Å². The Hall–Kier alpha value is -2.93. The quantitative estimate of drug-likeness (QED) is 0.445. The van der Waals surface area contributed by atoms with Crippen LogP contribution in [0.15, 0.2) is 48.5 Å². The number of amides is 3.